The van der Waals surface area contributed by atoms with Crippen molar-refractivity contribution < 1.29 is 13.2 Å². The molecule has 1 fully saturated rings. The van der Waals surface area contributed by atoms with E-state index in [2.05, 4.69) is 39.2 Å². The molecule has 2 N–H and O–H groups in total. The monoisotopic (exact) mass is 491 g/mol. The summed E-state index contributed by atoms with van der Waals surface area (Å²) in [4.78, 5) is 15.4. The molecule has 3 aromatic carbocycles. The quantitative estimate of drug-likeness (QED) is 0.477. The molecule has 1 unspecified atom stereocenters. The normalized spacial score (nSPS) is 16.6. The lowest BCUT2D eigenvalue weighted by Gasteiger charge is -2.32. The van der Waals surface area contributed by atoms with Crippen LogP contribution in [0.5, 0.6) is 0 Å². The van der Waals surface area contributed by atoms with Gasteiger partial charge in [-0.3, -0.25) is 14.4 Å². The van der Waals surface area contributed by atoms with E-state index >= 15 is 0 Å². The molecule has 0 aromatic heterocycles. The standard InChI is InChI=1S/C28H33N3O3S/c1-21-10-11-22(2)27(17-21)35(33,34)30-26-14-12-25(13-15-26)28(32)29-18-24-9-6-16-31(20-24)19-23-7-4-3-5-8-23/h3-5,7-8,10-15,17,24,30H,6,9,16,18-20H2,1-2H3,(H,29,32). The Kier molecular flexibility index (Phi) is 7.88. The van der Waals surface area contributed by atoms with Crippen LogP contribution in [0.2, 0.25) is 0 Å². The first-order valence-corrected chi connectivity index (χ1v) is 13.5. The average molecular weight is 492 g/mol. The van der Waals surface area contributed by atoms with E-state index < -0.39 is 10.0 Å². The molecule has 1 atom stereocenters. The van der Waals surface area contributed by atoms with Gasteiger partial charge in [0.15, 0.2) is 0 Å². The maximum atomic E-state index is 12.8. The van der Waals surface area contributed by atoms with E-state index in [-0.39, 0.29) is 10.8 Å². The number of amides is 1. The molecule has 1 saturated heterocycles. The van der Waals surface area contributed by atoms with Crippen molar-refractivity contribution in [2.24, 2.45) is 5.92 Å². The van der Waals surface area contributed by atoms with Crippen molar-refractivity contribution in [3.8, 4) is 0 Å². The van der Waals surface area contributed by atoms with Crippen molar-refractivity contribution in [2.45, 2.75) is 38.1 Å². The number of rotatable bonds is 8. The Morgan fingerprint density at radius 1 is 1.00 bits per heavy atom. The highest BCUT2D eigenvalue weighted by atomic mass is 32.2. The van der Waals surface area contributed by atoms with Gasteiger partial charge in [-0.1, -0.05) is 42.5 Å². The van der Waals surface area contributed by atoms with Gasteiger partial charge < -0.3 is 5.32 Å². The van der Waals surface area contributed by atoms with Crippen molar-refractivity contribution in [3.63, 3.8) is 0 Å². The van der Waals surface area contributed by atoms with Gasteiger partial charge in [0.1, 0.15) is 0 Å². The minimum absolute atomic E-state index is 0.144. The summed E-state index contributed by atoms with van der Waals surface area (Å²) in [5.74, 6) is 0.272. The summed E-state index contributed by atoms with van der Waals surface area (Å²) >= 11 is 0. The van der Waals surface area contributed by atoms with Gasteiger partial charge in [0.2, 0.25) is 0 Å². The number of carbonyl (C=O) groups excluding carboxylic acids is 1. The number of hydrogen-bond donors (Lipinski definition) is 2. The van der Waals surface area contributed by atoms with Crippen molar-refractivity contribution in [3.05, 3.63) is 95.1 Å². The molecule has 0 spiro atoms. The third kappa shape index (κ3) is 6.71. The summed E-state index contributed by atoms with van der Waals surface area (Å²) in [6.07, 6.45) is 2.23. The zero-order valence-corrected chi connectivity index (χ0v) is 21.1. The Bertz CT molecular complexity index is 1260. The average Bonchev–Trinajstić information content (AvgIpc) is 2.85. The number of sulfonamides is 1. The van der Waals surface area contributed by atoms with Crippen molar-refractivity contribution in [2.75, 3.05) is 24.4 Å². The molecular weight excluding hydrogens is 458 g/mol. The molecule has 1 heterocycles. The van der Waals surface area contributed by atoms with Crippen LogP contribution in [0.4, 0.5) is 5.69 Å². The van der Waals surface area contributed by atoms with Gasteiger partial charge in [-0.25, -0.2) is 8.42 Å². The molecule has 35 heavy (non-hydrogen) atoms. The third-order valence-electron chi connectivity index (χ3n) is 6.44. The Balaban J connectivity index is 1.30. The van der Waals surface area contributed by atoms with Crippen molar-refractivity contribution in [1.29, 1.82) is 0 Å². The zero-order valence-electron chi connectivity index (χ0n) is 20.3. The lowest BCUT2D eigenvalue weighted by atomic mass is 9.97. The number of aryl methyl sites for hydroxylation is 2. The summed E-state index contributed by atoms with van der Waals surface area (Å²) in [5.41, 5.74) is 3.81. The second-order valence-corrected chi connectivity index (χ2v) is 11.0. The molecule has 0 aliphatic carbocycles. The molecule has 1 aliphatic rings. The summed E-state index contributed by atoms with van der Waals surface area (Å²) in [6, 6.07) is 22.4. The number of nitrogens with zero attached hydrogens (tertiary/aromatic N) is 1. The fraction of sp³-hybridized carbons (Fsp3) is 0.321. The van der Waals surface area contributed by atoms with Gasteiger partial charge >= 0.3 is 0 Å². The second-order valence-electron chi connectivity index (χ2n) is 9.39. The van der Waals surface area contributed by atoms with E-state index in [4.69, 9.17) is 0 Å². The maximum Gasteiger partial charge on any atom is 0.262 e. The second kappa shape index (κ2) is 11.1. The molecule has 0 radical (unpaired) electrons. The molecule has 184 valence electrons. The number of hydrogen-bond acceptors (Lipinski definition) is 4. The lowest BCUT2D eigenvalue weighted by Crippen LogP contribution is -2.40. The molecule has 0 bridgehead atoms. The van der Waals surface area contributed by atoms with E-state index in [0.717, 1.165) is 38.0 Å². The molecule has 1 amide bonds. The fourth-order valence-corrected chi connectivity index (χ4v) is 5.93. The first-order chi connectivity index (χ1) is 16.8. The Morgan fingerprint density at radius 3 is 2.49 bits per heavy atom. The smallest absolute Gasteiger partial charge is 0.262 e. The predicted octanol–water partition coefficient (Wildman–Crippen LogP) is 4.75. The molecule has 0 saturated carbocycles. The molecule has 6 nitrogen and oxygen atoms in total. The van der Waals surface area contributed by atoms with Crippen LogP contribution in [-0.2, 0) is 16.6 Å². The summed E-state index contributed by atoms with van der Waals surface area (Å²) in [7, 11) is -3.71. The van der Waals surface area contributed by atoms with E-state index in [0.29, 0.717) is 29.3 Å². The molecule has 7 heteroatoms. The van der Waals surface area contributed by atoms with Gasteiger partial charge in [0.05, 0.1) is 4.90 Å². The minimum atomic E-state index is -3.71. The van der Waals surface area contributed by atoms with E-state index in [1.807, 2.05) is 19.1 Å². The van der Waals surface area contributed by atoms with E-state index in [1.54, 1.807) is 43.3 Å². The predicted molar refractivity (Wildman–Crippen MR) is 140 cm³/mol. The van der Waals surface area contributed by atoms with Crippen LogP contribution in [-0.4, -0.2) is 38.9 Å². The molecule has 4 rings (SSSR count). The SMILES string of the molecule is Cc1ccc(C)c(S(=O)(=O)Nc2ccc(C(=O)NCC3CCCN(Cc4ccccc4)C3)cc2)c1. The summed E-state index contributed by atoms with van der Waals surface area (Å²) in [6.45, 7) is 7.25. The number of nitrogens with one attached hydrogen (secondary N) is 2. The highest BCUT2D eigenvalue weighted by Crippen LogP contribution is 2.21. The number of likely N-dealkylation sites (tertiary alicyclic amines) is 1. The van der Waals surface area contributed by atoms with E-state index in [9.17, 15) is 13.2 Å². The molecule has 3 aromatic rings. The van der Waals surface area contributed by atoms with Crippen LogP contribution in [0.25, 0.3) is 0 Å². The molecule has 1 aliphatic heterocycles. The van der Waals surface area contributed by atoms with Crippen LogP contribution in [0.3, 0.4) is 0 Å². The van der Waals surface area contributed by atoms with Gasteiger partial charge in [0.25, 0.3) is 15.9 Å². The van der Waals surface area contributed by atoms with Crippen LogP contribution in [0.1, 0.15) is 39.9 Å². The topological polar surface area (TPSA) is 78.5 Å². The van der Waals surface area contributed by atoms with Crippen LogP contribution in [0.15, 0.2) is 77.7 Å². The minimum Gasteiger partial charge on any atom is -0.352 e. The van der Waals surface area contributed by atoms with Crippen LogP contribution >= 0.6 is 0 Å². The van der Waals surface area contributed by atoms with Crippen LogP contribution in [0, 0.1) is 19.8 Å². The largest absolute Gasteiger partial charge is 0.352 e. The summed E-state index contributed by atoms with van der Waals surface area (Å²) in [5, 5.41) is 3.06. The Hall–Kier alpha value is -3.16. The number of anilines is 1. The van der Waals surface area contributed by atoms with Crippen molar-refractivity contribution >= 4 is 21.6 Å². The highest BCUT2D eigenvalue weighted by molar-refractivity contribution is 7.92. The van der Waals surface area contributed by atoms with Crippen molar-refractivity contribution in [1.82, 2.24) is 10.2 Å². The lowest BCUT2D eigenvalue weighted by molar-refractivity contribution is 0.0930. The van der Waals surface area contributed by atoms with E-state index in [1.165, 1.54) is 5.56 Å². The highest BCUT2D eigenvalue weighted by Gasteiger charge is 2.21. The Morgan fingerprint density at radius 2 is 1.74 bits per heavy atom. The van der Waals surface area contributed by atoms with Crippen LogP contribution < -0.4 is 10.0 Å². The number of benzene rings is 3. The van der Waals surface area contributed by atoms with Gasteiger partial charge in [-0.05, 0) is 86.2 Å². The van der Waals surface area contributed by atoms with Gasteiger partial charge in [-0.2, -0.15) is 0 Å². The van der Waals surface area contributed by atoms with Gasteiger partial charge in [-0.15, -0.1) is 0 Å². The van der Waals surface area contributed by atoms with Gasteiger partial charge in [0, 0.05) is 30.9 Å². The summed E-state index contributed by atoms with van der Waals surface area (Å²) < 4.78 is 28.2. The number of carbonyl (C=O) groups is 1. The Labute approximate surface area is 208 Å². The zero-order chi connectivity index (χ0) is 24.8. The molecular formula is C28H33N3O3S. The maximum absolute atomic E-state index is 12.8. The fourth-order valence-electron chi connectivity index (χ4n) is 4.54. The third-order valence-corrected chi connectivity index (χ3v) is 7.96. The first kappa shape index (κ1) is 24.9. The number of piperidine rings is 1. The first-order valence-electron chi connectivity index (χ1n) is 12.0.